The van der Waals surface area contributed by atoms with E-state index in [1.165, 1.54) is 18.2 Å². The first kappa shape index (κ1) is 21.8. The summed E-state index contributed by atoms with van der Waals surface area (Å²) in [6.45, 7) is 1.63. The van der Waals surface area contributed by atoms with E-state index in [1.807, 2.05) is 13.0 Å². The third-order valence-corrected chi connectivity index (χ3v) is 5.01. The van der Waals surface area contributed by atoms with E-state index >= 15 is 0 Å². The summed E-state index contributed by atoms with van der Waals surface area (Å²) in [5, 5.41) is 6.71. The van der Waals surface area contributed by atoms with Gasteiger partial charge in [-0.3, -0.25) is 19.1 Å². The van der Waals surface area contributed by atoms with Crippen molar-refractivity contribution < 1.29 is 9.18 Å². The number of nitrogens with one attached hydrogen (secondary N) is 1. The van der Waals surface area contributed by atoms with Crippen LogP contribution in [0.4, 0.5) is 4.39 Å². The minimum Gasteiger partial charge on any atom is -0.346 e. The first-order valence-corrected chi connectivity index (χ1v) is 10.2. The molecule has 33 heavy (non-hydrogen) atoms. The van der Waals surface area contributed by atoms with E-state index in [0.717, 1.165) is 20.4 Å². The Labute approximate surface area is 188 Å². The summed E-state index contributed by atoms with van der Waals surface area (Å²) in [5.74, 6) is -1.31. The third-order valence-electron chi connectivity index (χ3n) is 5.01. The molecule has 2 aromatic carbocycles. The van der Waals surface area contributed by atoms with Crippen molar-refractivity contribution in [1.29, 1.82) is 0 Å². The maximum Gasteiger partial charge on any atom is 0.352 e. The quantitative estimate of drug-likeness (QED) is 0.491. The van der Waals surface area contributed by atoms with Crippen LogP contribution < -0.4 is 16.6 Å². The van der Waals surface area contributed by atoms with Crippen molar-refractivity contribution in [3.05, 3.63) is 122 Å². The number of aromatic nitrogens is 4. The molecule has 4 rings (SSSR count). The number of pyridine rings is 1. The molecule has 2 heterocycles. The number of carbonyl (C=O) groups excluding carboxylic acids is 1. The number of amides is 1. The molecule has 0 atom stereocenters. The number of benzene rings is 2. The summed E-state index contributed by atoms with van der Waals surface area (Å²) < 4.78 is 16.1. The fourth-order valence-electron chi connectivity index (χ4n) is 3.29. The van der Waals surface area contributed by atoms with Crippen molar-refractivity contribution in [2.24, 2.45) is 0 Å². The second-order valence-electron chi connectivity index (χ2n) is 7.40. The molecule has 0 saturated carbocycles. The Hall–Kier alpha value is -4.40. The lowest BCUT2D eigenvalue weighted by molar-refractivity contribution is 0.0941. The molecule has 1 amide bonds. The molecule has 0 bridgehead atoms. The Bertz CT molecular complexity index is 1430. The minimum atomic E-state index is -0.903. The predicted molar refractivity (Wildman–Crippen MR) is 120 cm³/mol. The van der Waals surface area contributed by atoms with Gasteiger partial charge in [0.2, 0.25) is 5.69 Å². The van der Waals surface area contributed by atoms with Crippen LogP contribution in [0.3, 0.4) is 0 Å². The van der Waals surface area contributed by atoms with Crippen LogP contribution in [0.5, 0.6) is 0 Å². The van der Waals surface area contributed by atoms with Gasteiger partial charge in [-0.1, -0.05) is 30.3 Å². The standard InChI is InChI=1S/C24H20FN5O3/c1-16-5-4-7-19(13-16)30-24(33)29(15-18-6-2-3-8-20(18)25)23(32)21(28-30)22(31)27-14-17-9-11-26-12-10-17/h2-13H,14-15H2,1H3,(H,27,31). The first-order valence-electron chi connectivity index (χ1n) is 10.2. The summed E-state index contributed by atoms with van der Waals surface area (Å²) in [4.78, 5) is 43.1. The van der Waals surface area contributed by atoms with Crippen LogP contribution >= 0.6 is 0 Å². The summed E-state index contributed by atoms with van der Waals surface area (Å²) in [6, 6.07) is 16.2. The van der Waals surface area contributed by atoms with Gasteiger partial charge in [0.15, 0.2) is 0 Å². The number of halogens is 1. The van der Waals surface area contributed by atoms with E-state index in [1.54, 1.807) is 48.8 Å². The predicted octanol–water partition coefficient (Wildman–Crippen LogP) is 2.22. The molecule has 1 N–H and O–H groups in total. The van der Waals surface area contributed by atoms with Gasteiger partial charge in [0, 0.05) is 24.5 Å². The van der Waals surface area contributed by atoms with E-state index in [2.05, 4.69) is 15.4 Å². The van der Waals surface area contributed by atoms with Gasteiger partial charge >= 0.3 is 5.69 Å². The van der Waals surface area contributed by atoms with Crippen LogP contribution in [-0.4, -0.2) is 25.2 Å². The largest absolute Gasteiger partial charge is 0.352 e. The Morgan fingerprint density at radius 2 is 1.79 bits per heavy atom. The fraction of sp³-hybridized carbons (Fsp3) is 0.125. The molecule has 0 radical (unpaired) electrons. The van der Waals surface area contributed by atoms with E-state index < -0.39 is 28.7 Å². The zero-order valence-electron chi connectivity index (χ0n) is 17.7. The SMILES string of the molecule is Cc1cccc(-n2nc(C(=O)NCc3ccncc3)c(=O)n(Cc3ccccc3F)c2=O)c1. The van der Waals surface area contributed by atoms with E-state index in [-0.39, 0.29) is 18.7 Å². The van der Waals surface area contributed by atoms with Crippen molar-refractivity contribution in [3.63, 3.8) is 0 Å². The first-order chi connectivity index (χ1) is 15.9. The van der Waals surface area contributed by atoms with Gasteiger partial charge < -0.3 is 5.32 Å². The minimum absolute atomic E-state index is 0.138. The van der Waals surface area contributed by atoms with Crippen LogP contribution in [0.15, 0.2) is 82.6 Å². The molecule has 166 valence electrons. The summed E-state index contributed by atoms with van der Waals surface area (Å²) in [6.07, 6.45) is 3.16. The van der Waals surface area contributed by atoms with Crippen LogP contribution in [0.25, 0.3) is 5.69 Å². The average molecular weight is 445 g/mol. The van der Waals surface area contributed by atoms with Crippen LogP contribution in [0.2, 0.25) is 0 Å². The summed E-state index contributed by atoms with van der Waals surface area (Å²) >= 11 is 0. The highest BCUT2D eigenvalue weighted by atomic mass is 19.1. The van der Waals surface area contributed by atoms with Gasteiger partial charge in [0.25, 0.3) is 11.5 Å². The van der Waals surface area contributed by atoms with Gasteiger partial charge in [0.1, 0.15) is 5.82 Å². The second kappa shape index (κ2) is 9.39. The van der Waals surface area contributed by atoms with Crippen LogP contribution in [0.1, 0.15) is 27.2 Å². The highest BCUT2D eigenvalue weighted by Gasteiger charge is 2.21. The molecule has 2 aromatic heterocycles. The Morgan fingerprint density at radius 1 is 1.03 bits per heavy atom. The number of hydrogen-bond acceptors (Lipinski definition) is 5. The van der Waals surface area contributed by atoms with Gasteiger partial charge in [0.05, 0.1) is 12.2 Å². The van der Waals surface area contributed by atoms with Gasteiger partial charge in [-0.25, -0.2) is 9.18 Å². The van der Waals surface area contributed by atoms with E-state index in [9.17, 15) is 18.8 Å². The Balaban J connectivity index is 1.80. The lowest BCUT2D eigenvalue weighted by Gasteiger charge is -2.13. The van der Waals surface area contributed by atoms with Gasteiger partial charge in [-0.05, 0) is 48.4 Å². The number of carbonyl (C=O) groups is 1. The lowest BCUT2D eigenvalue weighted by atomic mass is 10.2. The fourth-order valence-corrected chi connectivity index (χ4v) is 3.29. The van der Waals surface area contributed by atoms with E-state index in [0.29, 0.717) is 5.69 Å². The smallest absolute Gasteiger partial charge is 0.346 e. The summed E-state index contributed by atoms with van der Waals surface area (Å²) in [5.41, 5.74) is 0.00139. The average Bonchev–Trinajstić information content (AvgIpc) is 2.82. The van der Waals surface area contributed by atoms with Gasteiger partial charge in [-0.15, -0.1) is 0 Å². The molecule has 4 aromatic rings. The Kier molecular flexibility index (Phi) is 6.21. The van der Waals surface area contributed by atoms with Crippen molar-refractivity contribution in [1.82, 2.24) is 24.6 Å². The van der Waals surface area contributed by atoms with Crippen molar-refractivity contribution in [3.8, 4) is 5.69 Å². The molecular weight excluding hydrogens is 425 g/mol. The maximum atomic E-state index is 14.3. The third kappa shape index (κ3) is 4.77. The zero-order valence-corrected chi connectivity index (χ0v) is 17.7. The van der Waals surface area contributed by atoms with Crippen molar-refractivity contribution in [2.75, 3.05) is 0 Å². The molecule has 0 aliphatic carbocycles. The highest BCUT2D eigenvalue weighted by molar-refractivity contribution is 5.91. The van der Waals surface area contributed by atoms with Crippen LogP contribution in [-0.2, 0) is 13.1 Å². The van der Waals surface area contributed by atoms with Crippen LogP contribution in [0, 0.1) is 12.7 Å². The Morgan fingerprint density at radius 3 is 2.52 bits per heavy atom. The molecule has 0 fully saturated rings. The van der Waals surface area contributed by atoms with Crippen molar-refractivity contribution in [2.45, 2.75) is 20.0 Å². The number of rotatable bonds is 6. The second-order valence-corrected chi connectivity index (χ2v) is 7.40. The van der Waals surface area contributed by atoms with Gasteiger partial charge in [-0.2, -0.15) is 9.78 Å². The van der Waals surface area contributed by atoms with E-state index in [4.69, 9.17) is 0 Å². The molecule has 8 nitrogen and oxygen atoms in total. The maximum absolute atomic E-state index is 14.3. The zero-order chi connectivity index (χ0) is 23.4. The molecule has 0 spiro atoms. The molecular formula is C24H20FN5O3. The number of nitrogens with zero attached hydrogens (tertiary/aromatic N) is 4. The molecule has 0 saturated heterocycles. The normalized spacial score (nSPS) is 10.7. The molecule has 0 aliphatic heterocycles. The van der Waals surface area contributed by atoms with Crippen molar-refractivity contribution >= 4 is 5.91 Å². The lowest BCUT2D eigenvalue weighted by Crippen LogP contribution is -2.46. The molecule has 9 heteroatoms. The molecule has 0 aliphatic rings. The number of hydrogen-bond donors (Lipinski definition) is 1. The topological polar surface area (TPSA) is 98.9 Å². The highest BCUT2D eigenvalue weighted by Crippen LogP contribution is 2.09. The monoisotopic (exact) mass is 445 g/mol. The number of aryl methyl sites for hydroxylation is 1. The molecule has 0 unspecified atom stereocenters. The summed E-state index contributed by atoms with van der Waals surface area (Å²) in [7, 11) is 0.